The SMILES string of the molecule is CC(C)OP(=O)(O)Cl.NC(Cc1ccccc1)C(=O)O. The second kappa shape index (κ2) is 9.10. The molecular formula is C12H19ClNO5P. The van der Waals surface area contributed by atoms with Crippen molar-refractivity contribution < 1.29 is 23.9 Å². The summed E-state index contributed by atoms with van der Waals surface area (Å²) in [5, 5.41) is 8.52. The quantitative estimate of drug-likeness (QED) is 0.718. The highest BCUT2D eigenvalue weighted by molar-refractivity contribution is 7.80. The van der Waals surface area contributed by atoms with Gasteiger partial charge in [0.25, 0.3) is 0 Å². The van der Waals surface area contributed by atoms with E-state index in [1.54, 1.807) is 13.8 Å². The predicted octanol–water partition coefficient (Wildman–Crippen LogP) is 2.39. The molecule has 1 aromatic carbocycles. The number of nitrogens with two attached hydrogens (primary N) is 1. The molecule has 0 heterocycles. The first-order valence-electron chi connectivity index (χ1n) is 5.85. The summed E-state index contributed by atoms with van der Waals surface area (Å²) in [6, 6.07) is 8.54. The average molecular weight is 324 g/mol. The van der Waals surface area contributed by atoms with Crippen LogP contribution in [0.2, 0.25) is 0 Å². The summed E-state index contributed by atoms with van der Waals surface area (Å²) in [5.74, 6) is -0.959. The molecule has 0 radical (unpaired) electrons. The Bertz CT molecular complexity index is 448. The molecule has 2 atom stereocenters. The Morgan fingerprint density at radius 1 is 1.40 bits per heavy atom. The van der Waals surface area contributed by atoms with Crippen LogP contribution in [0.4, 0.5) is 0 Å². The van der Waals surface area contributed by atoms with Crippen molar-refractivity contribution >= 4 is 24.2 Å². The summed E-state index contributed by atoms with van der Waals surface area (Å²) >= 11 is 4.82. The third-order valence-corrected chi connectivity index (χ3v) is 2.88. The van der Waals surface area contributed by atoms with E-state index in [9.17, 15) is 9.36 Å². The molecule has 0 aliphatic rings. The van der Waals surface area contributed by atoms with Crippen molar-refractivity contribution in [1.82, 2.24) is 0 Å². The van der Waals surface area contributed by atoms with Crippen molar-refractivity contribution in [3.8, 4) is 0 Å². The molecule has 0 fully saturated rings. The maximum absolute atomic E-state index is 10.4. The number of rotatable bonds is 5. The van der Waals surface area contributed by atoms with E-state index in [4.69, 9.17) is 27.0 Å². The summed E-state index contributed by atoms with van der Waals surface area (Å²) in [7, 11) is 0. The maximum Gasteiger partial charge on any atom is 0.421 e. The highest BCUT2D eigenvalue weighted by Crippen LogP contribution is 2.48. The molecule has 0 amide bonds. The Kier molecular flexibility index (Phi) is 8.69. The molecule has 20 heavy (non-hydrogen) atoms. The van der Waals surface area contributed by atoms with Gasteiger partial charge in [-0.2, -0.15) is 0 Å². The van der Waals surface area contributed by atoms with Gasteiger partial charge in [0.05, 0.1) is 6.10 Å². The molecule has 114 valence electrons. The number of benzene rings is 1. The number of halogens is 1. The maximum atomic E-state index is 10.4. The summed E-state index contributed by atoms with van der Waals surface area (Å²) < 4.78 is 14.4. The monoisotopic (exact) mass is 323 g/mol. The zero-order chi connectivity index (χ0) is 15.8. The molecule has 0 saturated carbocycles. The molecule has 0 aliphatic carbocycles. The molecule has 0 bridgehead atoms. The van der Waals surface area contributed by atoms with E-state index in [0.29, 0.717) is 6.42 Å². The van der Waals surface area contributed by atoms with E-state index >= 15 is 0 Å². The van der Waals surface area contributed by atoms with E-state index in [2.05, 4.69) is 4.52 Å². The molecule has 1 rings (SSSR count). The molecule has 2 unspecified atom stereocenters. The van der Waals surface area contributed by atoms with E-state index in [1.807, 2.05) is 30.3 Å². The van der Waals surface area contributed by atoms with Crippen LogP contribution < -0.4 is 5.73 Å². The van der Waals surface area contributed by atoms with Crippen molar-refractivity contribution in [2.75, 3.05) is 0 Å². The van der Waals surface area contributed by atoms with Gasteiger partial charge in [-0.15, -0.1) is 0 Å². The number of hydrogen-bond donors (Lipinski definition) is 3. The molecule has 4 N–H and O–H groups in total. The Balaban J connectivity index is 0.000000396. The summed E-state index contributed by atoms with van der Waals surface area (Å²) in [4.78, 5) is 18.7. The van der Waals surface area contributed by atoms with E-state index in [0.717, 1.165) is 5.56 Å². The van der Waals surface area contributed by atoms with E-state index < -0.39 is 19.0 Å². The highest BCUT2D eigenvalue weighted by atomic mass is 35.7. The van der Waals surface area contributed by atoms with Gasteiger partial charge >= 0.3 is 12.9 Å². The van der Waals surface area contributed by atoms with Crippen LogP contribution in [0.1, 0.15) is 19.4 Å². The predicted molar refractivity (Wildman–Crippen MR) is 77.7 cm³/mol. The lowest BCUT2D eigenvalue weighted by molar-refractivity contribution is -0.138. The van der Waals surface area contributed by atoms with Crippen molar-refractivity contribution in [2.45, 2.75) is 32.4 Å². The second-order valence-corrected chi connectivity index (χ2v) is 6.64. The molecule has 0 saturated heterocycles. The number of aliphatic carboxylic acids is 1. The van der Waals surface area contributed by atoms with Crippen molar-refractivity contribution in [3.63, 3.8) is 0 Å². The minimum atomic E-state index is -3.75. The number of carbonyl (C=O) groups is 1. The van der Waals surface area contributed by atoms with E-state index in [-0.39, 0.29) is 6.10 Å². The van der Waals surface area contributed by atoms with Gasteiger partial charge in [-0.3, -0.25) is 9.32 Å². The van der Waals surface area contributed by atoms with Gasteiger partial charge in [0.2, 0.25) is 0 Å². The first kappa shape index (κ1) is 19.1. The van der Waals surface area contributed by atoms with Crippen LogP contribution in [0, 0.1) is 0 Å². The van der Waals surface area contributed by atoms with Crippen molar-refractivity contribution in [1.29, 1.82) is 0 Å². The van der Waals surface area contributed by atoms with Crippen LogP contribution in [0.3, 0.4) is 0 Å². The Morgan fingerprint density at radius 2 is 1.90 bits per heavy atom. The molecule has 0 aromatic heterocycles. The lowest BCUT2D eigenvalue weighted by Crippen LogP contribution is -2.32. The fourth-order valence-corrected chi connectivity index (χ4v) is 2.21. The van der Waals surface area contributed by atoms with Crippen molar-refractivity contribution in [2.24, 2.45) is 5.73 Å². The highest BCUT2D eigenvalue weighted by Gasteiger charge is 2.15. The fraction of sp³-hybridized carbons (Fsp3) is 0.417. The zero-order valence-corrected chi connectivity index (χ0v) is 12.9. The Morgan fingerprint density at radius 3 is 2.20 bits per heavy atom. The minimum Gasteiger partial charge on any atom is -0.480 e. The molecule has 0 spiro atoms. The molecular weight excluding hydrogens is 305 g/mol. The third kappa shape index (κ3) is 11.0. The Hall–Kier alpha value is -0.910. The van der Waals surface area contributed by atoms with Crippen LogP contribution in [0.15, 0.2) is 30.3 Å². The summed E-state index contributed by atoms with van der Waals surface area (Å²) in [6.45, 7) is -0.489. The zero-order valence-electron chi connectivity index (χ0n) is 11.3. The minimum absolute atomic E-state index is 0.302. The van der Waals surface area contributed by atoms with Crippen LogP contribution in [-0.4, -0.2) is 28.1 Å². The van der Waals surface area contributed by atoms with Crippen LogP contribution in [0.5, 0.6) is 0 Å². The van der Waals surface area contributed by atoms with E-state index in [1.165, 1.54) is 0 Å². The Labute approximate surface area is 122 Å². The third-order valence-electron chi connectivity index (χ3n) is 1.96. The largest absolute Gasteiger partial charge is 0.480 e. The van der Waals surface area contributed by atoms with Gasteiger partial charge in [0.1, 0.15) is 6.04 Å². The number of carboxylic acid groups (broad SMARTS) is 1. The summed E-state index contributed by atoms with van der Waals surface area (Å²) in [5.41, 5.74) is 6.30. The fourth-order valence-electron chi connectivity index (χ4n) is 1.22. The van der Waals surface area contributed by atoms with Gasteiger partial charge in [-0.05, 0) is 25.8 Å². The van der Waals surface area contributed by atoms with Gasteiger partial charge < -0.3 is 15.7 Å². The second-order valence-electron chi connectivity index (χ2n) is 4.24. The van der Waals surface area contributed by atoms with Crippen molar-refractivity contribution in [3.05, 3.63) is 35.9 Å². The van der Waals surface area contributed by atoms with Gasteiger partial charge in [0.15, 0.2) is 0 Å². The molecule has 0 aliphatic heterocycles. The van der Waals surface area contributed by atoms with Gasteiger partial charge in [-0.1, -0.05) is 30.3 Å². The van der Waals surface area contributed by atoms with Gasteiger partial charge in [0, 0.05) is 11.2 Å². The first-order chi connectivity index (χ1) is 9.11. The van der Waals surface area contributed by atoms with Crippen LogP contribution in [-0.2, 0) is 20.3 Å². The lowest BCUT2D eigenvalue weighted by Gasteiger charge is -2.05. The lowest BCUT2D eigenvalue weighted by atomic mass is 10.1. The molecule has 6 nitrogen and oxygen atoms in total. The topological polar surface area (TPSA) is 110 Å². The number of hydrogen-bond acceptors (Lipinski definition) is 4. The number of carboxylic acids is 1. The standard InChI is InChI=1S/C9H11NO2.C3H8ClO3P/c10-8(9(11)12)6-7-4-2-1-3-5-7;1-3(2)7-8(4,5)6/h1-5,8H,6,10H2,(H,11,12);3H,1-2H3,(H,5,6). The van der Waals surface area contributed by atoms with Crippen LogP contribution in [0.25, 0.3) is 0 Å². The normalized spacial score (nSPS) is 14.9. The molecule has 1 aromatic rings. The average Bonchev–Trinajstić information content (AvgIpc) is 2.27. The first-order valence-corrected chi connectivity index (χ1v) is 8.33. The smallest absolute Gasteiger partial charge is 0.421 e. The van der Waals surface area contributed by atoms with Crippen LogP contribution >= 0.6 is 18.2 Å². The van der Waals surface area contributed by atoms with Gasteiger partial charge in [-0.25, -0.2) is 4.57 Å². The summed E-state index contributed by atoms with van der Waals surface area (Å²) in [6.07, 6.45) is 0.0826. The molecule has 8 heteroatoms.